The predicted molar refractivity (Wildman–Crippen MR) is 107 cm³/mol. The number of methoxy groups -OCH3 is 1. The van der Waals surface area contributed by atoms with Crippen LogP contribution in [0.25, 0.3) is 10.9 Å². The van der Waals surface area contributed by atoms with Gasteiger partial charge in [-0.1, -0.05) is 6.92 Å². The zero-order valence-electron chi connectivity index (χ0n) is 16.5. The van der Waals surface area contributed by atoms with Crippen molar-refractivity contribution in [1.82, 2.24) is 9.88 Å². The second kappa shape index (κ2) is 8.77. The molecule has 0 amide bonds. The van der Waals surface area contributed by atoms with Gasteiger partial charge in [0, 0.05) is 19.3 Å². The van der Waals surface area contributed by atoms with E-state index in [1.807, 2.05) is 11.8 Å². The number of fused-ring (bicyclic) bond motifs is 1. The lowest BCUT2D eigenvalue weighted by atomic mass is 10.1. The average Bonchev–Trinajstić information content (AvgIpc) is 3.15. The first-order valence-corrected chi connectivity index (χ1v) is 9.61. The highest BCUT2D eigenvalue weighted by atomic mass is 19.1. The van der Waals surface area contributed by atoms with Gasteiger partial charge in [0.1, 0.15) is 17.9 Å². The first kappa shape index (κ1) is 21.0. The van der Waals surface area contributed by atoms with Gasteiger partial charge in [0.2, 0.25) is 5.43 Å². The molecule has 0 radical (unpaired) electrons. The zero-order valence-corrected chi connectivity index (χ0v) is 16.5. The van der Waals surface area contributed by atoms with Gasteiger partial charge in [-0.25, -0.2) is 13.6 Å². The topological polar surface area (TPSA) is 83.8 Å². The number of hydrogen-bond acceptors (Lipinski definition) is 5. The molecule has 0 aliphatic carbocycles. The first-order chi connectivity index (χ1) is 13.9. The van der Waals surface area contributed by atoms with Crippen molar-refractivity contribution in [2.75, 3.05) is 44.9 Å². The van der Waals surface area contributed by atoms with Gasteiger partial charge < -0.3 is 24.6 Å². The molecule has 7 nitrogen and oxygen atoms in total. The molecule has 1 fully saturated rings. The summed E-state index contributed by atoms with van der Waals surface area (Å²) >= 11 is 0. The second-order valence-corrected chi connectivity index (χ2v) is 7.10. The van der Waals surface area contributed by atoms with Crippen molar-refractivity contribution >= 4 is 22.6 Å². The number of nitrogens with one attached hydrogen (secondary N) is 1. The number of aryl methyl sites for hydroxylation is 1. The predicted octanol–water partition coefficient (Wildman–Crippen LogP) is 2.25. The maximum atomic E-state index is 15.1. The molecule has 0 spiro atoms. The number of benzene rings is 1. The lowest BCUT2D eigenvalue weighted by molar-refractivity contribution is 0.0694. The Morgan fingerprint density at radius 1 is 1.45 bits per heavy atom. The third kappa shape index (κ3) is 3.91. The standard InChI is InChI=1S/C20H25F2N3O4/c1-3-23-9-12-4-6-24(10-12)17-15(22)8-13-16(19(17)29-2)25(7-5-21)11-14(18(13)26)20(27)28/h8,11-12,23H,3-7,9-10H2,1-2H3,(H,27,28). The van der Waals surface area contributed by atoms with E-state index in [4.69, 9.17) is 4.74 Å². The van der Waals surface area contributed by atoms with Crippen molar-refractivity contribution in [3.8, 4) is 5.75 Å². The van der Waals surface area contributed by atoms with Crippen LogP contribution in [-0.4, -0.2) is 55.6 Å². The number of rotatable bonds is 8. The number of carboxylic acid groups (broad SMARTS) is 1. The summed E-state index contributed by atoms with van der Waals surface area (Å²) in [4.78, 5) is 25.9. The van der Waals surface area contributed by atoms with Gasteiger partial charge in [0.15, 0.2) is 11.6 Å². The van der Waals surface area contributed by atoms with Crippen LogP contribution in [0.1, 0.15) is 23.7 Å². The molecular weight excluding hydrogens is 384 g/mol. The van der Waals surface area contributed by atoms with Gasteiger partial charge in [-0.05, 0) is 31.5 Å². The Labute approximate surface area is 166 Å². The molecule has 1 aliphatic heterocycles. The number of ether oxygens (including phenoxy) is 1. The number of aromatic carboxylic acids is 1. The lowest BCUT2D eigenvalue weighted by Crippen LogP contribution is -2.27. The van der Waals surface area contributed by atoms with E-state index in [1.54, 1.807) is 0 Å². The van der Waals surface area contributed by atoms with Gasteiger partial charge in [0.05, 0.1) is 24.6 Å². The number of nitrogens with zero attached hydrogens (tertiary/aromatic N) is 2. The van der Waals surface area contributed by atoms with Crippen LogP contribution in [0.15, 0.2) is 17.1 Å². The van der Waals surface area contributed by atoms with E-state index < -0.39 is 29.5 Å². The van der Waals surface area contributed by atoms with Gasteiger partial charge in [-0.3, -0.25) is 4.79 Å². The van der Waals surface area contributed by atoms with Crippen LogP contribution in [-0.2, 0) is 6.54 Å². The second-order valence-electron chi connectivity index (χ2n) is 7.10. The van der Waals surface area contributed by atoms with Crippen LogP contribution < -0.4 is 20.4 Å². The smallest absolute Gasteiger partial charge is 0.341 e. The molecule has 158 valence electrons. The fraction of sp³-hybridized carbons (Fsp3) is 0.500. The Kier molecular flexibility index (Phi) is 6.36. The summed E-state index contributed by atoms with van der Waals surface area (Å²) in [5.74, 6) is -1.65. The number of aromatic nitrogens is 1. The number of anilines is 1. The summed E-state index contributed by atoms with van der Waals surface area (Å²) in [6.45, 7) is 3.98. The van der Waals surface area contributed by atoms with E-state index >= 15 is 4.39 Å². The quantitative estimate of drug-likeness (QED) is 0.696. The largest absolute Gasteiger partial charge is 0.492 e. The minimum atomic E-state index is -1.45. The maximum Gasteiger partial charge on any atom is 0.341 e. The lowest BCUT2D eigenvalue weighted by Gasteiger charge is -2.24. The third-order valence-corrected chi connectivity index (χ3v) is 5.29. The highest BCUT2D eigenvalue weighted by Gasteiger charge is 2.30. The number of pyridine rings is 1. The molecule has 2 heterocycles. The summed E-state index contributed by atoms with van der Waals surface area (Å²) in [5, 5.41) is 12.4. The SMILES string of the molecule is CCNCC1CCN(c2c(F)cc3c(=O)c(C(=O)O)cn(CCF)c3c2OC)C1. The fourth-order valence-corrected chi connectivity index (χ4v) is 3.95. The van der Waals surface area contributed by atoms with Crippen molar-refractivity contribution in [3.05, 3.63) is 33.9 Å². The minimum Gasteiger partial charge on any atom is -0.492 e. The summed E-state index contributed by atoms with van der Waals surface area (Å²) < 4.78 is 35.1. The third-order valence-electron chi connectivity index (χ3n) is 5.29. The molecule has 0 bridgehead atoms. The summed E-state index contributed by atoms with van der Waals surface area (Å²) in [7, 11) is 1.36. The fourth-order valence-electron chi connectivity index (χ4n) is 3.95. The van der Waals surface area contributed by atoms with E-state index in [9.17, 15) is 19.1 Å². The van der Waals surface area contributed by atoms with Gasteiger partial charge in [-0.2, -0.15) is 0 Å². The van der Waals surface area contributed by atoms with Gasteiger partial charge in [-0.15, -0.1) is 0 Å². The molecule has 1 atom stereocenters. The van der Waals surface area contributed by atoms with E-state index in [1.165, 1.54) is 11.7 Å². The minimum absolute atomic E-state index is 0.117. The normalized spacial score (nSPS) is 16.6. The van der Waals surface area contributed by atoms with Crippen LogP contribution >= 0.6 is 0 Å². The number of carboxylic acids is 1. The molecule has 3 rings (SSSR count). The average molecular weight is 409 g/mol. The maximum absolute atomic E-state index is 15.1. The Balaban J connectivity index is 2.19. The molecule has 1 aliphatic rings. The first-order valence-electron chi connectivity index (χ1n) is 9.61. The van der Waals surface area contributed by atoms with E-state index in [-0.39, 0.29) is 28.9 Å². The van der Waals surface area contributed by atoms with E-state index in [0.717, 1.165) is 31.8 Å². The molecule has 1 aromatic heterocycles. The Hall–Kier alpha value is -2.68. The molecular formula is C20H25F2N3O4. The Bertz CT molecular complexity index is 977. The van der Waals surface area contributed by atoms with Crippen molar-refractivity contribution in [3.63, 3.8) is 0 Å². The van der Waals surface area contributed by atoms with Crippen molar-refractivity contribution in [2.24, 2.45) is 5.92 Å². The highest BCUT2D eigenvalue weighted by molar-refractivity contribution is 5.97. The van der Waals surface area contributed by atoms with Gasteiger partial charge >= 0.3 is 5.97 Å². The molecule has 1 unspecified atom stereocenters. The van der Waals surface area contributed by atoms with Crippen LogP contribution in [0.4, 0.5) is 14.5 Å². The molecule has 2 N–H and O–H groups in total. The van der Waals surface area contributed by atoms with Crippen molar-refractivity contribution < 1.29 is 23.4 Å². The molecule has 1 aromatic carbocycles. The van der Waals surface area contributed by atoms with E-state index in [2.05, 4.69) is 5.32 Å². The van der Waals surface area contributed by atoms with Crippen LogP contribution in [0, 0.1) is 11.7 Å². The highest BCUT2D eigenvalue weighted by Crippen LogP contribution is 2.40. The van der Waals surface area contributed by atoms with Crippen molar-refractivity contribution in [1.29, 1.82) is 0 Å². The van der Waals surface area contributed by atoms with E-state index in [0.29, 0.717) is 19.0 Å². The summed E-state index contributed by atoms with van der Waals surface area (Å²) in [6.07, 6.45) is 1.97. The Morgan fingerprint density at radius 3 is 2.83 bits per heavy atom. The number of carbonyl (C=O) groups is 1. The molecule has 1 saturated heterocycles. The molecule has 29 heavy (non-hydrogen) atoms. The monoisotopic (exact) mass is 409 g/mol. The van der Waals surface area contributed by atoms with Crippen LogP contribution in [0.2, 0.25) is 0 Å². The van der Waals surface area contributed by atoms with Crippen molar-refractivity contribution in [2.45, 2.75) is 19.9 Å². The Morgan fingerprint density at radius 2 is 2.21 bits per heavy atom. The zero-order chi connectivity index (χ0) is 21.1. The molecule has 0 saturated carbocycles. The summed E-state index contributed by atoms with van der Waals surface area (Å²) in [5.41, 5.74) is -0.939. The summed E-state index contributed by atoms with van der Waals surface area (Å²) in [6, 6.07) is 1.04. The number of alkyl halides is 1. The van der Waals surface area contributed by atoms with Crippen LogP contribution in [0.3, 0.4) is 0 Å². The number of hydrogen-bond donors (Lipinski definition) is 2. The number of halogens is 2. The van der Waals surface area contributed by atoms with Gasteiger partial charge in [0.25, 0.3) is 0 Å². The van der Waals surface area contributed by atoms with Crippen LogP contribution in [0.5, 0.6) is 5.75 Å². The molecule has 9 heteroatoms. The molecule has 2 aromatic rings.